The maximum Gasteiger partial charge on any atom is 0.0998 e. The van der Waals surface area contributed by atoms with Crippen molar-refractivity contribution in [1.29, 1.82) is 0 Å². The Morgan fingerprint density at radius 1 is 0.850 bits per heavy atom. The third-order valence-electron chi connectivity index (χ3n) is 6.17. The lowest BCUT2D eigenvalue weighted by Crippen LogP contribution is -2.58. The zero-order valence-corrected chi connectivity index (χ0v) is 18.6. The summed E-state index contributed by atoms with van der Waals surface area (Å²) in [7, 11) is -3.51. The van der Waals surface area contributed by atoms with Crippen molar-refractivity contribution in [2.45, 2.75) is 85.5 Å². The SMILES string of the molecule is CC[Si](C)(C)CC1=C(C)[Si](CC)([Si](C)(C)C)C(C)=C1C. The van der Waals surface area contributed by atoms with Crippen molar-refractivity contribution in [2.75, 3.05) is 0 Å². The van der Waals surface area contributed by atoms with Crippen LogP contribution in [0.5, 0.6) is 0 Å². The first kappa shape index (κ1) is 18.2. The van der Waals surface area contributed by atoms with E-state index in [-0.39, 0.29) is 0 Å². The van der Waals surface area contributed by atoms with Gasteiger partial charge in [-0.3, -0.25) is 0 Å². The Kier molecular flexibility index (Phi) is 5.21. The molecule has 0 N–H and O–H groups in total. The molecule has 0 radical (unpaired) electrons. The normalized spacial score (nSPS) is 24.9. The van der Waals surface area contributed by atoms with E-state index in [1.807, 2.05) is 10.4 Å². The molecule has 0 saturated heterocycles. The molecule has 0 fully saturated rings. The highest BCUT2D eigenvalue weighted by molar-refractivity contribution is 7.46. The van der Waals surface area contributed by atoms with Crippen LogP contribution >= 0.6 is 0 Å². The van der Waals surface area contributed by atoms with Crippen LogP contribution in [0.3, 0.4) is 0 Å². The quantitative estimate of drug-likeness (QED) is 0.517. The fraction of sp³-hybridized carbons (Fsp3) is 0.765. The van der Waals surface area contributed by atoms with E-state index in [1.54, 1.807) is 11.1 Å². The van der Waals surface area contributed by atoms with Crippen LogP contribution in [-0.2, 0) is 0 Å². The van der Waals surface area contributed by atoms with Gasteiger partial charge >= 0.3 is 0 Å². The minimum atomic E-state index is -1.33. The summed E-state index contributed by atoms with van der Waals surface area (Å²) in [5, 5.41) is 3.72. The van der Waals surface area contributed by atoms with Gasteiger partial charge in [-0.1, -0.05) is 80.2 Å². The zero-order chi connectivity index (χ0) is 15.9. The number of allylic oxidation sites excluding steroid dienone is 4. The molecule has 116 valence electrons. The van der Waals surface area contributed by atoms with Crippen molar-refractivity contribution < 1.29 is 0 Å². The lowest BCUT2D eigenvalue weighted by molar-refractivity contribution is 1.22. The zero-order valence-electron chi connectivity index (χ0n) is 15.6. The smallest absolute Gasteiger partial charge is 0.0782 e. The summed E-state index contributed by atoms with van der Waals surface area (Å²) in [6, 6.07) is 4.25. The third kappa shape index (κ3) is 2.73. The monoisotopic (exact) mass is 324 g/mol. The lowest BCUT2D eigenvalue weighted by Gasteiger charge is -2.41. The van der Waals surface area contributed by atoms with Crippen molar-refractivity contribution >= 4 is 23.3 Å². The second-order valence-electron chi connectivity index (χ2n) is 8.56. The van der Waals surface area contributed by atoms with Crippen LogP contribution in [0.4, 0.5) is 0 Å². The van der Waals surface area contributed by atoms with E-state index in [9.17, 15) is 0 Å². The Morgan fingerprint density at radius 2 is 1.35 bits per heavy atom. The summed E-state index contributed by atoms with van der Waals surface area (Å²) in [4.78, 5) is 0. The molecular formula is C17H36Si3. The predicted molar refractivity (Wildman–Crippen MR) is 103 cm³/mol. The van der Waals surface area contributed by atoms with Crippen LogP contribution in [0.1, 0.15) is 34.6 Å². The lowest BCUT2D eigenvalue weighted by atomic mass is 10.1. The van der Waals surface area contributed by atoms with Crippen LogP contribution in [-0.4, -0.2) is 23.3 Å². The number of hydrogen-bond donors (Lipinski definition) is 0. The van der Waals surface area contributed by atoms with Crippen LogP contribution in [0.2, 0.25) is 50.9 Å². The van der Waals surface area contributed by atoms with E-state index in [1.165, 1.54) is 18.1 Å². The van der Waals surface area contributed by atoms with Gasteiger partial charge < -0.3 is 0 Å². The molecule has 1 aliphatic heterocycles. The highest BCUT2D eigenvalue weighted by atomic mass is 29.3. The third-order valence-corrected chi connectivity index (χ3v) is 27.2. The van der Waals surface area contributed by atoms with E-state index in [0.29, 0.717) is 0 Å². The van der Waals surface area contributed by atoms with Gasteiger partial charge in [0.2, 0.25) is 0 Å². The number of rotatable bonds is 5. The van der Waals surface area contributed by atoms with Crippen molar-refractivity contribution in [2.24, 2.45) is 0 Å². The van der Waals surface area contributed by atoms with Crippen LogP contribution in [0.25, 0.3) is 0 Å². The fourth-order valence-electron chi connectivity index (χ4n) is 4.42. The molecule has 0 bridgehead atoms. The van der Waals surface area contributed by atoms with Crippen LogP contribution in [0.15, 0.2) is 21.5 Å². The van der Waals surface area contributed by atoms with Crippen molar-refractivity contribution in [3.8, 4) is 0 Å². The number of hydrogen-bond acceptors (Lipinski definition) is 0. The van der Waals surface area contributed by atoms with Crippen LogP contribution < -0.4 is 0 Å². The largest absolute Gasteiger partial charge is 0.0998 e. The molecule has 20 heavy (non-hydrogen) atoms. The van der Waals surface area contributed by atoms with Crippen molar-refractivity contribution in [3.05, 3.63) is 21.5 Å². The first-order valence-corrected chi connectivity index (χ1v) is 18.4. The van der Waals surface area contributed by atoms with E-state index in [2.05, 4.69) is 67.4 Å². The summed E-state index contributed by atoms with van der Waals surface area (Å²) >= 11 is 0. The Hall–Kier alpha value is 0.131. The predicted octanol–water partition coefficient (Wildman–Crippen LogP) is 6.34. The summed E-state index contributed by atoms with van der Waals surface area (Å²) < 4.78 is 0. The standard InChI is InChI=1S/C17H36Si3/c1-11-19(9,10)13-17-14(3)15(4)20(12-2,16(17)5)18(6,7)8/h11-13H2,1-10H3. The van der Waals surface area contributed by atoms with Gasteiger partial charge in [-0.25, -0.2) is 0 Å². The molecule has 0 aliphatic carbocycles. The Balaban J connectivity index is 3.43. The Morgan fingerprint density at radius 3 is 1.65 bits per heavy atom. The Labute approximate surface area is 130 Å². The van der Waals surface area contributed by atoms with Gasteiger partial charge in [0.05, 0.1) is 15.7 Å². The molecule has 1 unspecified atom stereocenters. The van der Waals surface area contributed by atoms with E-state index < -0.39 is 23.3 Å². The van der Waals surface area contributed by atoms with E-state index in [0.717, 1.165) is 0 Å². The maximum atomic E-state index is 2.62. The molecule has 0 nitrogen and oxygen atoms in total. The van der Waals surface area contributed by atoms with Gasteiger partial charge in [0, 0.05) is 7.59 Å². The van der Waals surface area contributed by atoms with Gasteiger partial charge in [-0.2, -0.15) is 0 Å². The van der Waals surface area contributed by atoms with Gasteiger partial charge in [-0.15, -0.1) is 0 Å². The first-order valence-electron chi connectivity index (χ1n) is 8.33. The molecule has 0 aromatic heterocycles. The van der Waals surface area contributed by atoms with Gasteiger partial charge in [-0.05, 0) is 26.8 Å². The highest BCUT2D eigenvalue weighted by Crippen LogP contribution is 2.48. The Bertz CT molecular complexity index is 449. The van der Waals surface area contributed by atoms with Gasteiger partial charge in [0.15, 0.2) is 0 Å². The second kappa shape index (κ2) is 5.73. The molecule has 1 aliphatic rings. The average Bonchev–Trinajstić information content (AvgIpc) is 2.50. The molecule has 3 heteroatoms. The summed E-state index contributed by atoms with van der Waals surface area (Å²) in [6.07, 6.45) is 0. The molecule has 0 aromatic carbocycles. The van der Waals surface area contributed by atoms with Crippen LogP contribution in [0, 0.1) is 0 Å². The summed E-state index contributed by atoms with van der Waals surface area (Å²) in [6.45, 7) is 25.3. The average molecular weight is 325 g/mol. The molecular weight excluding hydrogens is 288 g/mol. The minimum Gasteiger partial charge on any atom is -0.0782 e. The summed E-state index contributed by atoms with van der Waals surface area (Å²) in [5.74, 6) is 0. The van der Waals surface area contributed by atoms with Gasteiger partial charge in [0.25, 0.3) is 0 Å². The fourth-order valence-corrected chi connectivity index (χ4v) is 23.8. The van der Waals surface area contributed by atoms with Crippen molar-refractivity contribution in [1.82, 2.24) is 0 Å². The molecule has 0 aromatic rings. The topological polar surface area (TPSA) is 0 Å². The highest BCUT2D eigenvalue weighted by Gasteiger charge is 2.51. The maximum absolute atomic E-state index is 2.62. The van der Waals surface area contributed by atoms with E-state index in [4.69, 9.17) is 0 Å². The van der Waals surface area contributed by atoms with Gasteiger partial charge in [0.1, 0.15) is 0 Å². The molecule has 1 heterocycles. The molecule has 0 spiro atoms. The second-order valence-corrected chi connectivity index (χ2v) is 29.5. The molecule has 0 saturated carbocycles. The molecule has 1 rings (SSSR count). The van der Waals surface area contributed by atoms with Crippen molar-refractivity contribution in [3.63, 3.8) is 0 Å². The minimum absolute atomic E-state index is 1.04. The summed E-state index contributed by atoms with van der Waals surface area (Å²) in [5.41, 5.74) is 3.50. The molecule has 1 atom stereocenters. The van der Waals surface area contributed by atoms with E-state index >= 15 is 0 Å². The molecule has 0 amide bonds. The first-order chi connectivity index (χ1) is 8.94.